The fraction of sp³-hybridized carbons (Fsp3) is 0.188. The number of hydrogen-bond donors (Lipinski definition) is 1. The number of nitrogens with zero attached hydrogens (tertiary/aromatic N) is 2. The molecule has 120 valence electrons. The highest BCUT2D eigenvalue weighted by molar-refractivity contribution is 5.99. The molecule has 0 aromatic heterocycles. The molecule has 7 nitrogen and oxygen atoms in total. The van der Waals surface area contributed by atoms with E-state index in [-0.39, 0.29) is 16.7 Å². The first-order chi connectivity index (χ1) is 11.0. The summed E-state index contributed by atoms with van der Waals surface area (Å²) in [5.41, 5.74) is 1.36. The van der Waals surface area contributed by atoms with Crippen LogP contribution in [0.3, 0.4) is 0 Å². The summed E-state index contributed by atoms with van der Waals surface area (Å²) >= 11 is 0. The van der Waals surface area contributed by atoms with Gasteiger partial charge in [-0.25, -0.2) is 0 Å². The summed E-state index contributed by atoms with van der Waals surface area (Å²) in [4.78, 5) is -0.510. The van der Waals surface area contributed by atoms with Crippen molar-refractivity contribution in [2.24, 2.45) is 7.05 Å². The van der Waals surface area contributed by atoms with Crippen LogP contribution in [0.4, 0.5) is 0 Å². The Balaban J connectivity index is 2.65. The molecule has 0 atom stereocenters. The van der Waals surface area contributed by atoms with Crippen LogP contribution in [0.1, 0.15) is 0 Å². The molecule has 0 spiro atoms. The molecular formula is C16H15N2O5-. The maximum absolute atomic E-state index is 11.3. The third-order valence-electron chi connectivity index (χ3n) is 3.92. The molecule has 0 radical (unpaired) electrons. The van der Waals surface area contributed by atoms with E-state index in [0.717, 1.165) is 0 Å². The minimum absolute atomic E-state index is 0.157. The molecule has 1 N–H and O–H groups in total. The summed E-state index contributed by atoms with van der Waals surface area (Å²) in [6.07, 6.45) is 0. The summed E-state index contributed by atoms with van der Waals surface area (Å²) in [5, 5.41) is 33.6. The van der Waals surface area contributed by atoms with E-state index < -0.39 is 4.90 Å². The Morgan fingerprint density at radius 1 is 1.13 bits per heavy atom. The zero-order valence-electron chi connectivity index (χ0n) is 12.9. The van der Waals surface area contributed by atoms with Crippen molar-refractivity contribution < 1.29 is 14.6 Å². The number of aromatic nitrogens is 1. The number of benzene rings is 2. The number of fused-ring (bicyclic) bond motifs is 2. The Bertz CT molecular complexity index is 941. The van der Waals surface area contributed by atoms with Gasteiger partial charge in [0, 0.05) is 25.2 Å². The molecular weight excluding hydrogens is 300 g/mol. The van der Waals surface area contributed by atoms with Gasteiger partial charge >= 0.3 is 0 Å². The van der Waals surface area contributed by atoms with Crippen LogP contribution < -0.4 is 19.7 Å². The molecule has 0 amide bonds. The summed E-state index contributed by atoms with van der Waals surface area (Å²) in [7, 11) is 4.77. The fourth-order valence-corrected chi connectivity index (χ4v) is 2.81. The molecule has 0 bridgehead atoms. The lowest BCUT2D eigenvalue weighted by atomic mass is 10.0. The van der Waals surface area contributed by atoms with Gasteiger partial charge in [0.05, 0.1) is 30.8 Å². The summed E-state index contributed by atoms with van der Waals surface area (Å²) in [6.45, 7) is 0. The molecule has 1 aromatic carbocycles. The molecule has 0 saturated carbocycles. The summed E-state index contributed by atoms with van der Waals surface area (Å²) in [5.74, 6) is 0.765. The van der Waals surface area contributed by atoms with Crippen LogP contribution in [0.2, 0.25) is 0 Å². The van der Waals surface area contributed by atoms with Gasteiger partial charge in [0.25, 0.3) is 0 Å². The monoisotopic (exact) mass is 315 g/mol. The van der Waals surface area contributed by atoms with Gasteiger partial charge in [-0.15, -0.1) is 0 Å². The van der Waals surface area contributed by atoms with E-state index in [1.807, 2.05) is 0 Å². The van der Waals surface area contributed by atoms with Crippen LogP contribution in [-0.2, 0) is 7.05 Å². The maximum Gasteiger partial charge on any atom is 0.235 e. The van der Waals surface area contributed by atoms with Crippen LogP contribution in [0, 0.1) is 10.4 Å². The van der Waals surface area contributed by atoms with Gasteiger partial charge in [-0.1, -0.05) is 6.07 Å². The number of aromatic hydroxyl groups is 1. The van der Waals surface area contributed by atoms with E-state index in [1.54, 1.807) is 35.9 Å². The second-order valence-corrected chi connectivity index (χ2v) is 5.06. The van der Waals surface area contributed by atoms with Crippen LogP contribution in [0.25, 0.3) is 22.2 Å². The predicted molar refractivity (Wildman–Crippen MR) is 86.3 cm³/mol. The molecule has 0 fully saturated rings. The molecule has 0 saturated heterocycles. The zero-order chi connectivity index (χ0) is 16.7. The van der Waals surface area contributed by atoms with Gasteiger partial charge in [-0.3, -0.25) is 0 Å². The number of methoxy groups -OCH3 is 2. The second-order valence-electron chi connectivity index (χ2n) is 5.06. The first-order valence-electron chi connectivity index (χ1n) is 6.83. The average molecular weight is 315 g/mol. The molecule has 7 heteroatoms. The quantitative estimate of drug-likeness (QED) is 0.575. The summed E-state index contributed by atoms with van der Waals surface area (Å²) in [6, 6.07) is 8.04. The van der Waals surface area contributed by atoms with Crippen molar-refractivity contribution in [3.63, 3.8) is 0 Å². The van der Waals surface area contributed by atoms with Gasteiger partial charge in [-0.2, -0.15) is 4.90 Å². The lowest BCUT2D eigenvalue weighted by Crippen LogP contribution is -2.22. The molecule has 3 rings (SSSR count). The van der Waals surface area contributed by atoms with E-state index in [0.29, 0.717) is 28.1 Å². The lowest BCUT2D eigenvalue weighted by molar-refractivity contribution is 0.396. The van der Waals surface area contributed by atoms with E-state index in [4.69, 9.17) is 9.47 Å². The van der Waals surface area contributed by atoms with Crippen LogP contribution in [0.15, 0.2) is 30.3 Å². The Hall–Kier alpha value is -3.09. The Labute approximate surface area is 131 Å². The number of aryl methyl sites for hydroxylation is 1. The van der Waals surface area contributed by atoms with E-state index in [2.05, 4.69) is 0 Å². The van der Waals surface area contributed by atoms with Gasteiger partial charge in [0.15, 0.2) is 0 Å². The maximum atomic E-state index is 11.3. The van der Waals surface area contributed by atoms with Crippen molar-refractivity contribution in [2.75, 3.05) is 14.2 Å². The van der Waals surface area contributed by atoms with Crippen molar-refractivity contribution in [3.05, 3.63) is 46.1 Å². The molecule has 23 heavy (non-hydrogen) atoms. The number of ether oxygens (including phenoxy) is 2. The molecule has 1 aliphatic heterocycles. The minimum Gasteiger partial charge on any atom is -0.612 e. The highest BCUT2D eigenvalue weighted by atomic mass is 16.8. The number of hydrogen-bond acceptors (Lipinski definition) is 5. The third kappa shape index (κ3) is 2.09. The van der Waals surface area contributed by atoms with Crippen molar-refractivity contribution in [1.82, 2.24) is 9.47 Å². The normalized spacial score (nSPS) is 10.9. The Morgan fingerprint density at radius 2 is 1.87 bits per heavy atom. The van der Waals surface area contributed by atoms with E-state index in [1.165, 1.54) is 20.3 Å². The van der Waals surface area contributed by atoms with Gasteiger partial charge in [-0.05, 0) is 6.07 Å². The smallest absolute Gasteiger partial charge is 0.235 e. The van der Waals surface area contributed by atoms with Crippen molar-refractivity contribution in [1.29, 1.82) is 0 Å². The highest BCUT2D eigenvalue weighted by Crippen LogP contribution is 2.42. The fourth-order valence-electron chi connectivity index (χ4n) is 2.81. The lowest BCUT2D eigenvalue weighted by Gasteiger charge is -2.20. The molecule has 1 heterocycles. The highest BCUT2D eigenvalue weighted by Gasteiger charge is 2.23. The molecule has 1 aromatic rings. The SMILES string of the molecule is COc1cc(OC)c2c(O)c3c(=[N+]([O-])[O-])cccc-3n(C)c2c1. The average Bonchev–Trinajstić information content (AvgIpc) is 2.57. The molecule has 0 unspecified atom stereocenters. The van der Waals surface area contributed by atoms with Gasteiger partial charge in [0.1, 0.15) is 22.8 Å². The van der Waals surface area contributed by atoms with Crippen LogP contribution in [-0.4, -0.2) is 23.9 Å². The van der Waals surface area contributed by atoms with Gasteiger partial charge < -0.3 is 29.6 Å². The largest absolute Gasteiger partial charge is 0.612 e. The Kier molecular flexibility index (Phi) is 3.40. The van der Waals surface area contributed by atoms with Crippen molar-refractivity contribution in [2.45, 2.75) is 0 Å². The van der Waals surface area contributed by atoms with E-state index in [9.17, 15) is 15.5 Å². The van der Waals surface area contributed by atoms with Crippen molar-refractivity contribution in [3.8, 4) is 28.5 Å². The van der Waals surface area contributed by atoms with E-state index >= 15 is 0 Å². The standard InChI is InChI=1S/C16H15N2O5/c1-17-10-5-4-6-11(18(20)21)14(10)16(19)15-12(17)7-9(22-2)8-13(15)23-3/h4-8H,1-3H3,(H-,19,20,21)/q-1. The first kappa shape index (κ1) is 14.8. The minimum atomic E-state index is -0.510. The summed E-state index contributed by atoms with van der Waals surface area (Å²) < 4.78 is 12.3. The number of pyridine rings is 1. The van der Waals surface area contributed by atoms with Gasteiger partial charge in [0.2, 0.25) is 5.36 Å². The molecule has 2 aliphatic rings. The van der Waals surface area contributed by atoms with Crippen LogP contribution >= 0.6 is 0 Å². The van der Waals surface area contributed by atoms with Crippen LogP contribution in [0.5, 0.6) is 17.2 Å². The van der Waals surface area contributed by atoms with Crippen molar-refractivity contribution >= 4 is 10.9 Å². The second kappa shape index (κ2) is 5.28. The predicted octanol–water partition coefficient (Wildman–Crippen LogP) is 1.77. The third-order valence-corrected chi connectivity index (χ3v) is 3.92. The Morgan fingerprint density at radius 3 is 2.48 bits per heavy atom. The topological polar surface area (TPSA) is 92.8 Å². The zero-order valence-corrected chi connectivity index (χ0v) is 12.9. The first-order valence-corrected chi connectivity index (χ1v) is 6.83. The molecule has 1 aliphatic carbocycles. The number of rotatable bonds is 2.